The van der Waals surface area contributed by atoms with Gasteiger partial charge < -0.3 is 10.1 Å². The van der Waals surface area contributed by atoms with E-state index in [-0.39, 0.29) is 12.5 Å². The lowest BCUT2D eigenvalue weighted by molar-refractivity contribution is -0.118. The molecule has 0 unspecified atom stereocenters. The van der Waals surface area contributed by atoms with Crippen molar-refractivity contribution < 1.29 is 9.53 Å². The summed E-state index contributed by atoms with van der Waals surface area (Å²) < 4.78 is 5.84. The van der Waals surface area contributed by atoms with E-state index < -0.39 is 0 Å². The Labute approximate surface area is 188 Å². The largest absolute Gasteiger partial charge is 0.483 e. The number of carbonyl (C=O) groups excluding carboxylic acids is 1. The van der Waals surface area contributed by atoms with Crippen LogP contribution < -0.4 is 10.1 Å². The van der Waals surface area contributed by atoms with Crippen molar-refractivity contribution in [2.75, 3.05) is 11.9 Å². The molecule has 0 radical (unpaired) electrons. The van der Waals surface area contributed by atoms with Gasteiger partial charge in [-0.1, -0.05) is 45.0 Å². The zero-order valence-electron chi connectivity index (χ0n) is 18.9. The van der Waals surface area contributed by atoms with Crippen LogP contribution in [0.1, 0.15) is 43.4 Å². The van der Waals surface area contributed by atoms with E-state index in [0.29, 0.717) is 17.1 Å². The number of hydrogen-bond acceptors (Lipinski definition) is 4. The molecule has 164 valence electrons. The molecule has 1 heterocycles. The van der Waals surface area contributed by atoms with Crippen LogP contribution in [0.15, 0.2) is 60.7 Å². The van der Waals surface area contributed by atoms with Crippen molar-refractivity contribution in [2.24, 2.45) is 0 Å². The highest BCUT2D eigenvalue weighted by molar-refractivity contribution is 5.93. The first-order valence-electron chi connectivity index (χ1n) is 10.9. The van der Waals surface area contributed by atoms with Crippen LogP contribution in [0.5, 0.6) is 5.75 Å². The maximum atomic E-state index is 12.5. The van der Waals surface area contributed by atoms with Gasteiger partial charge in [-0.05, 0) is 72.4 Å². The Kier molecular flexibility index (Phi) is 6.21. The summed E-state index contributed by atoms with van der Waals surface area (Å²) in [6.45, 7) is 8.30. The highest BCUT2D eigenvalue weighted by atomic mass is 16.5. The summed E-state index contributed by atoms with van der Waals surface area (Å²) in [6.07, 6.45) is 0.990. The van der Waals surface area contributed by atoms with Crippen molar-refractivity contribution in [1.82, 2.24) is 15.0 Å². The summed E-state index contributed by atoms with van der Waals surface area (Å²) in [7, 11) is 0. The first kappa shape index (κ1) is 21.6. The standard InChI is InChI=1S/C26H28N4O2/c1-5-19-7-10-21(11-8-19)30-28-23-13-9-20(15-24(23)29-30)27-26(31)16-32-25-14-18(4)6-12-22(25)17(2)3/h6-15,17H,5,16H2,1-4H3,(H,27,31). The molecule has 4 rings (SSSR count). The van der Waals surface area contributed by atoms with Gasteiger partial charge in [0.25, 0.3) is 5.91 Å². The van der Waals surface area contributed by atoms with Crippen molar-refractivity contribution in [3.63, 3.8) is 0 Å². The molecule has 0 aliphatic heterocycles. The summed E-state index contributed by atoms with van der Waals surface area (Å²) in [4.78, 5) is 14.1. The summed E-state index contributed by atoms with van der Waals surface area (Å²) >= 11 is 0. The van der Waals surface area contributed by atoms with Gasteiger partial charge in [0.15, 0.2) is 6.61 Å². The van der Waals surface area contributed by atoms with Crippen LogP contribution in [-0.2, 0) is 11.2 Å². The van der Waals surface area contributed by atoms with Crippen LogP contribution in [0.3, 0.4) is 0 Å². The molecular formula is C26H28N4O2. The van der Waals surface area contributed by atoms with Crippen molar-refractivity contribution >= 4 is 22.6 Å². The van der Waals surface area contributed by atoms with Gasteiger partial charge in [0.05, 0.1) is 5.69 Å². The van der Waals surface area contributed by atoms with Gasteiger partial charge in [0, 0.05) is 5.69 Å². The molecule has 4 aromatic rings. The Balaban J connectivity index is 1.45. The molecule has 0 aliphatic carbocycles. The first-order valence-corrected chi connectivity index (χ1v) is 10.9. The number of ether oxygens (including phenoxy) is 1. The minimum absolute atomic E-state index is 0.0579. The molecule has 3 aromatic carbocycles. The van der Waals surface area contributed by atoms with Crippen molar-refractivity contribution in [3.8, 4) is 11.4 Å². The number of nitrogens with zero attached hydrogens (tertiary/aromatic N) is 3. The third-order valence-electron chi connectivity index (χ3n) is 5.39. The topological polar surface area (TPSA) is 69.0 Å². The van der Waals surface area contributed by atoms with Crippen LogP contribution in [0.2, 0.25) is 0 Å². The van der Waals surface area contributed by atoms with E-state index in [1.165, 1.54) is 5.56 Å². The second kappa shape index (κ2) is 9.22. The molecule has 0 saturated heterocycles. The minimum atomic E-state index is -0.219. The maximum absolute atomic E-state index is 12.5. The number of aromatic nitrogens is 3. The Morgan fingerprint density at radius 2 is 1.75 bits per heavy atom. The van der Waals surface area contributed by atoms with Crippen LogP contribution >= 0.6 is 0 Å². The SMILES string of the molecule is CCc1ccc(-n2nc3ccc(NC(=O)COc4cc(C)ccc4C(C)C)cc3n2)cc1. The molecule has 0 atom stereocenters. The van der Waals surface area contributed by atoms with Crippen LogP contribution in [-0.4, -0.2) is 27.5 Å². The van der Waals surface area contributed by atoms with Gasteiger partial charge in [-0.25, -0.2) is 0 Å². The van der Waals surface area contributed by atoms with E-state index in [1.807, 2.05) is 43.3 Å². The second-order valence-corrected chi connectivity index (χ2v) is 8.25. The number of anilines is 1. The fourth-order valence-corrected chi connectivity index (χ4v) is 3.56. The summed E-state index contributed by atoms with van der Waals surface area (Å²) in [5, 5.41) is 12.0. The quantitative estimate of drug-likeness (QED) is 0.426. The molecule has 0 bridgehead atoms. The summed E-state index contributed by atoms with van der Waals surface area (Å²) in [5.74, 6) is 0.850. The minimum Gasteiger partial charge on any atom is -0.483 e. The van der Waals surface area contributed by atoms with E-state index >= 15 is 0 Å². The van der Waals surface area contributed by atoms with Crippen LogP contribution in [0.4, 0.5) is 5.69 Å². The number of carbonyl (C=O) groups is 1. The van der Waals surface area contributed by atoms with Crippen LogP contribution in [0, 0.1) is 6.92 Å². The van der Waals surface area contributed by atoms with Crippen molar-refractivity contribution in [3.05, 3.63) is 77.4 Å². The molecule has 0 spiro atoms. The molecular weight excluding hydrogens is 400 g/mol. The number of amides is 1. The van der Waals surface area contributed by atoms with Gasteiger partial charge in [-0.2, -0.15) is 4.80 Å². The average Bonchev–Trinajstić information content (AvgIpc) is 3.21. The molecule has 6 heteroatoms. The number of benzene rings is 3. The molecule has 0 aliphatic rings. The lowest BCUT2D eigenvalue weighted by atomic mass is 10.0. The number of aryl methyl sites for hydroxylation is 2. The number of nitrogens with one attached hydrogen (secondary N) is 1. The zero-order valence-corrected chi connectivity index (χ0v) is 18.9. The Morgan fingerprint density at radius 1 is 1.00 bits per heavy atom. The molecule has 0 saturated carbocycles. The number of hydrogen-bond donors (Lipinski definition) is 1. The molecule has 1 amide bonds. The average molecular weight is 429 g/mol. The van der Waals surface area contributed by atoms with Gasteiger partial charge in [-0.3, -0.25) is 4.79 Å². The third kappa shape index (κ3) is 4.80. The zero-order chi connectivity index (χ0) is 22.7. The lowest BCUT2D eigenvalue weighted by Gasteiger charge is -2.14. The Morgan fingerprint density at radius 3 is 2.47 bits per heavy atom. The van der Waals surface area contributed by atoms with Crippen LogP contribution in [0.25, 0.3) is 16.7 Å². The van der Waals surface area contributed by atoms with E-state index in [2.05, 4.69) is 60.6 Å². The maximum Gasteiger partial charge on any atom is 0.262 e. The fourth-order valence-electron chi connectivity index (χ4n) is 3.56. The molecule has 0 fully saturated rings. The smallest absolute Gasteiger partial charge is 0.262 e. The Hall–Kier alpha value is -3.67. The third-order valence-corrected chi connectivity index (χ3v) is 5.39. The van der Waals surface area contributed by atoms with Gasteiger partial charge in [0.1, 0.15) is 16.8 Å². The number of fused-ring (bicyclic) bond motifs is 1. The lowest BCUT2D eigenvalue weighted by Crippen LogP contribution is -2.20. The fraction of sp³-hybridized carbons (Fsp3) is 0.269. The molecule has 1 aromatic heterocycles. The van der Waals surface area contributed by atoms with E-state index in [0.717, 1.165) is 34.5 Å². The Bertz CT molecular complexity index is 1240. The monoisotopic (exact) mass is 428 g/mol. The highest BCUT2D eigenvalue weighted by Crippen LogP contribution is 2.27. The number of rotatable bonds is 7. The summed E-state index contributed by atoms with van der Waals surface area (Å²) in [6, 6.07) is 19.8. The van der Waals surface area contributed by atoms with Crippen molar-refractivity contribution in [1.29, 1.82) is 0 Å². The predicted molar refractivity (Wildman–Crippen MR) is 128 cm³/mol. The highest BCUT2D eigenvalue weighted by Gasteiger charge is 2.12. The van der Waals surface area contributed by atoms with E-state index in [4.69, 9.17) is 4.74 Å². The van der Waals surface area contributed by atoms with Gasteiger partial charge in [-0.15, -0.1) is 10.2 Å². The summed E-state index contributed by atoms with van der Waals surface area (Å²) in [5.41, 5.74) is 6.49. The first-order chi connectivity index (χ1) is 15.4. The van der Waals surface area contributed by atoms with E-state index in [1.54, 1.807) is 4.80 Å². The normalized spacial score (nSPS) is 11.2. The van der Waals surface area contributed by atoms with Crippen molar-refractivity contribution in [2.45, 2.75) is 40.0 Å². The molecule has 6 nitrogen and oxygen atoms in total. The molecule has 32 heavy (non-hydrogen) atoms. The van der Waals surface area contributed by atoms with Gasteiger partial charge in [0.2, 0.25) is 0 Å². The molecule has 1 N–H and O–H groups in total. The van der Waals surface area contributed by atoms with Gasteiger partial charge >= 0.3 is 0 Å². The predicted octanol–water partition coefficient (Wildman–Crippen LogP) is 5.43. The van der Waals surface area contributed by atoms with E-state index in [9.17, 15) is 4.79 Å². The second-order valence-electron chi connectivity index (χ2n) is 8.25.